The Morgan fingerprint density at radius 3 is 2.20 bits per heavy atom. The quantitative estimate of drug-likeness (QED) is 0.803. The molecule has 2 nitrogen and oxygen atoms in total. The van der Waals surface area contributed by atoms with E-state index in [4.69, 9.17) is 5.73 Å². The molecule has 0 heterocycles. The van der Waals surface area contributed by atoms with E-state index in [1.165, 1.54) is 12.1 Å². The first-order valence-electron chi connectivity index (χ1n) is 4.97. The summed E-state index contributed by atoms with van der Waals surface area (Å²) in [5, 5.41) is 9.72. The molecule has 1 saturated carbocycles. The van der Waals surface area contributed by atoms with Gasteiger partial charge in [0.2, 0.25) is 0 Å². The number of hydrogen-bond acceptors (Lipinski definition) is 2. The third-order valence-electron chi connectivity index (χ3n) is 2.74. The lowest BCUT2D eigenvalue weighted by Crippen LogP contribution is -2.28. The number of halogens is 2. The van der Waals surface area contributed by atoms with Gasteiger partial charge in [0.15, 0.2) is 0 Å². The van der Waals surface area contributed by atoms with Gasteiger partial charge in [-0.15, -0.1) is 0 Å². The van der Waals surface area contributed by atoms with Gasteiger partial charge in [-0.05, 0) is 36.5 Å². The molecule has 1 aliphatic rings. The molecule has 0 bridgehead atoms. The Hall–Kier alpha value is -1.00. The molecule has 0 amide bonds. The normalized spacial score (nSPS) is 20.0. The van der Waals surface area contributed by atoms with Crippen LogP contribution in [0.25, 0.3) is 0 Å². The smallest absolute Gasteiger partial charge is 0.126 e. The van der Waals surface area contributed by atoms with Crippen LogP contribution in [0.4, 0.5) is 8.78 Å². The van der Waals surface area contributed by atoms with Crippen LogP contribution in [-0.2, 0) is 0 Å². The standard InChI is InChI=1S/C11H13F2NO/c12-8-3-7(4-9(13)5-8)10(14)11(15)6-1-2-6/h3-6,10-11,15H,1-2,14H2/t10-,11+/m0/s1. The first-order valence-corrected chi connectivity index (χ1v) is 4.97. The lowest BCUT2D eigenvalue weighted by Gasteiger charge is -2.18. The maximum absolute atomic E-state index is 12.9. The maximum Gasteiger partial charge on any atom is 0.126 e. The second-order valence-corrected chi connectivity index (χ2v) is 4.06. The minimum atomic E-state index is -0.706. The summed E-state index contributed by atoms with van der Waals surface area (Å²) in [6.07, 6.45) is 1.17. The van der Waals surface area contributed by atoms with E-state index in [1.54, 1.807) is 0 Å². The predicted molar refractivity (Wildman–Crippen MR) is 52.0 cm³/mol. The van der Waals surface area contributed by atoms with E-state index in [2.05, 4.69) is 0 Å². The SMILES string of the molecule is N[C@@H](c1cc(F)cc(F)c1)[C@H](O)C1CC1. The van der Waals surface area contributed by atoms with Crippen LogP contribution in [0.5, 0.6) is 0 Å². The van der Waals surface area contributed by atoms with E-state index in [9.17, 15) is 13.9 Å². The first kappa shape index (κ1) is 10.5. The molecule has 2 atom stereocenters. The molecular weight excluding hydrogens is 200 g/mol. The molecule has 82 valence electrons. The van der Waals surface area contributed by atoms with E-state index >= 15 is 0 Å². The summed E-state index contributed by atoms with van der Waals surface area (Å²) in [6.45, 7) is 0. The highest BCUT2D eigenvalue weighted by Crippen LogP contribution is 2.37. The molecule has 1 aromatic rings. The Kier molecular flexibility index (Phi) is 2.71. The second-order valence-electron chi connectivity index (χ2n) is 4.06. The molecule has 0 unspecified atom stereocenters. The van der Waals surface area contributed by atoms with Crippen LogP contribution in [-0.4, -0.2) is 11.2 Å². The highest BCUT2D eigenvalue weighted by molar-refractivity contribution is 5.22. The summed E-state index contributed by atoms with van der Waals surface area (Å²) in [6, 6.07) is 2.42. The summed E-state index contributed by atoms with van der Waals surface area (Å²) in [5.74, 6) is -1.14. The molecule has 0 radical (unpaired) electrons. The van der Waals surface area contributed by atoms with Crippen molar-refractivity contribution < 1.29 is 13.9 Å². The van der Waals surface area contributed by atoms with Gasteiger partial charge in [-0.2, -0.15) is 0 Å². The number of rotatable bonds is 3. The van der Waals surface area contributed by atoms with E-state index < -0.39 is 23.8 Å². The zero-order valence-electron chi connectivity index (χ0n) is 8.16. The number of benzene rings is 1. The van der Waals surface area contributed by atoms with Crippen LogP contribution < -0.4 is 5.73 Å². The summed E-state index contributed by atoms with van der Waals surface area (Å²) < 4.78 is 25.8. The predicted octanol–water partition coefficient (Wildman–Crippen LogP) is 1.74. The van der Waals surface area contributed by atoms with Gasteiger partial charge in [-0.25, -0.2) is 8.78 Å². The second kappa shape index (κ2) is 3.87. The highest BCUT2D eigenvalue weighted by atomic mass is 19.1. The summed E-state index contributed by atoms with van der Waals surface area (Å²) in [7, 11) is 0. The van der Waals surface area contributed by atoms with Crippen molar-refractivity contribution in [2.45, 2.75) is 25.0 Å². The van der Waals surface area contributed by atoms with Gasteiger partial charge < -0.3 is 10.8 Å². The topological polar surface area (TPSA) is 46.2 Å². The fourth-order valence-electron chi connectivity index (χ4n) is 1.70. The van der Waals surface area contributed by atoms with Crippen LogP contribution in [0.2, 0.25) is 0 Å². The zero-order chi connectivity index (χ0) is 11.0. The Morgan fingerprint density at radius 1 is 1.20 bits per heavy atom. The number of hydrogen-bond donors (Lipinski definition) is 2. The number of aliphatic hydroxyl groups excluding tert-OH is 1. The molecule has 0 aliphatic heterocycles. The minimum absolute atomic E-state index is 0.186. The van der Waals surface area contributed by atoms with Crippen molar-refractivity contribution in [1.29, 1.82) is 0 Å². The van der Waals surface area contributed by atoms with Gasteiger partial charge in [0.25, 0.3) is 0 Å². The highest BCUT2D eigenvalue weighted by Gasteiger charge is 2.34. The van der Waals surface area contributed by atoms with Crippen molar-refractivity contribution >= 4 is 0 Å². The van der Waals surface area contributed by atoms with Crippen molar-refractivity contribution in [3.05, 3.63) is 35.4 Å². The number of aliphatic hydroxyl groups is 1. The van der Waals surface area contributed by atoms with E-state index in [0.29, 0.717) is 5.56 Å². The third kappa shape index (κ3) is 2.33. The molecule has 2 rings (SSSR count). The van der Waals surface area contributed by atoms with E-state index in [-0.39, 0.29) is 5.92 Å². The summed E-state index contributed by atoms with van der Waals surface area (Å²) >= 11 is 0. The van der Waals surface area contributed by atoms with Crippen molar-refractivity contribution in [3.63, 3.8) is 0 Å². The van der Waals surface area contributed by atoms with Crippen LogP contribution in [0, 0.1) is 17.6 Å². The molecule has 1 fully saturated rings. The first-order chi connectivity index (χ1) is 7.08. The molecule has 15 heavy (non-hydrogen) atoms. The zero-order valence-corrected chi connectivity index (χ0v) is 8.16. The van der Waals surface area contributed by atoms with Gasteiger partial charge in [0.1, 0.15) is 11.6 Å². The van der Waals surface area contributed by atoms with Crippen molar-refractivity contribution in [3.8, 4) is 0 Å². The summed E-state index contributed by atoms with van der Waals surface area (Å²) in [4.78, 5) is 0. The molecule has 1 aliphatic carbocycles. The molecule has 0 saturated heterocycles. The maximum atomic E-state index is 12.9. The third-order valence-corrected chi connectivity index (χ3v) is 2.74. The molecule has 3 N–H and O–H groups in total. The van der Waals surface area contributed by atoms with Gasteiger partial charge in [0, 0.05) is 6.07 Å². The lowest BCUT2D eigenvalue weighted by molar-refractivity contribution is 0.122. The Labute approximate surface area is 86.7 Å². The van der Waals surface area contributed by atoms with Crippen LogP contribution in [0.15, 0.2) is 18.2 Å². The summed E-state index contributed by atoms with van der Waals surface area (Å²) in [5.41, 5.74) is 6.05. The van der Waals surface area contributed by atoms with Gasteiger partial charge in [-0.1, -0.05) is 0 Å². The fourth-order valence-corrected chi connectivity index (χ4v) is 1.70. The molecule has 4 heteroatoms. The fraction of sp³-hybridized carbons (Fsp3) is 0.455. The van der Waals surface area contributed by atoms with E-state index in [0.717, 1.165) is 18.9 Å². The van der Waals surface area contributed by atoms with Gasteiger partial charge in [-0.3, -0.25) is 0 Å². The Bertz CT molecular complexity index is 345. The van der Waals surface area contributed by atoms with E-state index in [1.807, 2.05) is 0 Å². The lowest BCUT2D eigenvalue weighted by atomic mass is 9.99. The molecule has 0 spiro atoms. The molecule has 1 aromatic carbocycles. The Morgan fingerprint density at radius 2 is 1.73 bits per heavy atom. The van der Waals surface area contributed by atoms with Crippen LogP contribution >= 0.6 is 0 Å². The average molecular weight is 213 g/mol. The van der Waals surface area contributed by atoms with Crippen LogP contribution in [0.3, 0.4) is 0 Å². The van der Waals surface area contributed by atoms with Crippen molar-refractivity contribution in [1.82, 2.24) is 0 Å². The number of nitrogens with two attached hydrogens (primary N) is 1. The van der Waals surface area contributed by atoms with Crippen molar-refractivity contribution in [2.24, 2.45) is 11.7 Å². The molecular formula is C11H13F2NO. The largest absolute Gasteiger partial charge is 0.391 e. The van der Waals surface area contributed by atoms with Crippen molar-refractivity contribution in [2.75, 3.05) is 0 Å². The van der Waals surface area contributed by atoms with Gasteiger partial charge in [0.05, 0.1) is 12.1 Å². The van der Waals surface area contributed by atoms with Gasteiger partial charge >= 0.3 is 0 Å². The minimum Gasteiger partial charge on any atom is -0.391 e. The Balaban J connectivity index is 2.19. The monoisotopic (exact) mass is 213 g/mol. The average Bonchev–Trinajstić information content (AvgIpc) is 2.97. The molecule has 0 aromatic heterocycles. The van der Waals surface area contributed by atoms with Crippen LogP contribution in [0.1, 0.15) is 24.4 Å².